The minimum atomic E-state index is -0.905. The maximum absolute atomic E-state index is 14.2. The molecule has 4 aromatic rings. The van der Waals surface area contributed by atoms with E-state index in [0.717, 1.165) is 16.7 Å². The molecule has 0 aliphatic carbocycles. The first kappa shape index (κ1) is 17.9. The molecule has 4 aromatic carbocycles. The number of carbonyl (C=O) groups excluding carboxylic acids is 1. The molecule has 28 heavy (non-hydrogen) atoms. The van der Waals surface area contributed by atoms with Gasteiger partial charge in [-0.2, -0.15) is 0 Å². The van der Waals surface area contributed by atoms with E-state index in [2.05, 4.69) is 31.2 Å². The number of Topliss-reactive ketones (excluding diaryl/α,β-unsaturated/α-hetero) is 1. The van der Waals surface area contributed by atoms with Gasteiger partial charge in [0.15, 0.2) is 5.78 Å². The maximum atomic E-state index is 14.2. The van der Waals surface area contributed by atoms with Gasteiger partial charge in [-0.05, 0) is 23.6 Å². The van der Waals surface area contributed by atoms with E-state index in [4.69, 9.17) is 0 Å². The van der Waals surface area contributed by atoms with Gasteiger partial charge in [-0.25, -0.2) is 0 Å². The van der Waals surface area contributed by atoms with Gasteiger partial charge in [-0.3, -0.25) is 4.79 Å². The minimum Gasteiger partial charge on any atom is -0.292 e. The number of rotatable bonds is 5. The Kier molecular flexibility index (Phi) is 4.90. The van der Waals surface area contributed by atoms with Crippen molar-refractivity contribution in [3.63, 3.8) is 0 Å². The summed E-state index contributed by atoms with van der Waals surface area (Å²) in [7, 11) is 0. The van der Waals surface area contributed by atoms with Crippen molar-refractivity contribution in [1.82, 2.24) is 0 Å². The molecule has 0 amide bonds. The molecule has 136 valence electrons. The molecule has 0 atom stereocenters. The molecule has 0 aliphatic heterocycles. The fourth-order valence-corrected chi connectivity index (χ4v) is 3.88. The van der Waals surface area contributed by atoms with Crippen LogP contribution >= 0.6 is 0 Å². The number of ketones is 1. The van der Waals surface area contributed by atoms with Gasteiger partial charge in [0.1, 0.15) is 5.41 Å². The SMILES string of the molecule is Cc1ccc(C(C(=O)c2ccccc2)(c2ccccc2)c2ccccc2)cc1. The quantitative estimate of drug-likeness (QED) is 0.305. The highest BCUT2D eigenvalue weighted by atomic mass is 16.1. The van der Waals surface area contributed by atoms with Crippen molar-refractivity contribution in [2.75, 3.05) is 0 Å². The Morgan fingerprint density at radius 1 is 0.536 bits per heavy atom. The first-order chi connectivity index (χ1) is 13.7. The molecular weight excluding hydrogens is 340 g/mol. The third-order valence-corrected chi connectivity index (χ3v) is 5.27. The summed E-state index contributed by atoms with van der Waals surface area (Å²) in [5.74, 6) is 0.0781. The first-order valence-electron chi connectivity index (χ1n) is 9.51. The van der Waals surface area contributed by atoms with E-state index in [0.29, 0.717) is 5.56 Å². The number of benzene rings is 4. The van der Waals surface area contributed by atoms with Crippen LogP contribution in [0.3, 0.4) is 0 Å². The molecule has 0 N–H and O–H groups in total. The van der Waals surface area contributed by atoms with E-state index >= 15 is 0 Å². The predicted octanol–water partition coefficient (Wildman–Crippen LogP) is 6.21. The Morgan fingerprint density at radius 3 is 1.39 bits per heavy atom. The fraction of sp³-hybridized carbons (Fsp3) is 0.0741. The lowest BCUT2D eigenvalue weighted by Crippen LogP contribution is -2.38. The summed E-state index contributed by atoms with van der Waals surface area (Å²) < 4.78 is 0. The van der Waals surface area contributed by atoms with Crippen LogP contribution in [-0.2, 0) is 5.41 Å². The molecule has 0 bridgehead atoms. The van der Waals surface area contributed by atoms with Crippen molar-refractivity contribution in [3.8, 4) is 0 Å². The molecule has 0 aliphatic rings. The van der Waals surface area contributed by atoms with Crippen molar-refractivity contribution in [2.24, 2.45) is 0 Å². The van der Waals surface area contributed by atoms with Gasteiger partial charge in [-0.1, -0.05) is 121 Å². The van der Waals surface area contributed by atoms with E-state index in [1.165, 1.54) is 5.56 Å². The van der Waals surface area contributed by atoms with Crippen LogP contribution in [0.5, 0.6) is 0 Å². The summed E-state index contributed by atoms with van der Waals surface area (Å²) in [5.41, 5.74) is 3.89. The maximum Gasteiger partial charge on any atom is 0.182 e. The summed E-state index contributed by atoms with van der Waals surface area (Å²) in [4.78, 5) is 14.2. The normalized spacial score (nSPS) is 11.2. The van der Waals surface area contributed by atoms with Gasteiger partial charge < -0.3 is 0 Å². The van der Waals surface area contributed by atoms with E-state index in [1.54, 1.807) is 0 Å². The molecule has 1 nitrogen and oxygen atoms in total. The Hall–Kier alpha value is -3.45. The summed E-state index contributed by atoms with van der Waals surface area (Å²) in [6.45, 7) is 2.06. The molecule has 0 heterocycles. The Balaban J connectivity index is 2.08. The van der Waals surface area contributed by atoms with Crippen LogP contribution in [0.2, 0.25) is 0 Å². The zero-order valence-electron chi connectivity index (χ0n) is 15.9. The Bertz CT molecular complexity index is 1010. The summed E-state index contributed by atoms with van der Waals surface area (Å²) in [6, 6.07) is 38.1. The van der Waals surface area contributed by atoms with Crippen LogP contribution in [0.4, 0.5) is 0 Å². The molecule has 0 spiro atoms. The third kappa shape index (κ3) is 3.05. The average molecular weight is 362 g/mol. The van der Waals surface area contributed by atoms with Crippen molar-refractivity contribution in [1.29, 1.82) is 0 Å². The van der Waals surface area contributed by atoms with Gasteiger partial charge in [0.2, 0.25) is 0 Å². The monoisotopic (exact) mass is 362 g/mol. The highest BCUT2D eigenvalue weighted by Crippen LogP contribution is 2.42. The molecule has 0 fully saturated rings. The largest absolute Gasteiger partial charge is 0.292 e. The van der Waals surface area contributed by atoms with Gasteiger partial charge in [0.05, 0.1) is 0 Å². The number of hydrogen-bond acceptors (Lipinski definition) is 1. The Labute approximate surface area is 166 Å². The van der Waals surface area contributed by atoms with Crippen molar-refractivity contribution >= 4 is 5.78 Å². The van der Waals surface area contributed by atoms with E-state index in [9.17, 15) is 4.79 Å². The number of carbonyl (C=O) groups is 1. The fourth-order valence-electron chi connectivity index (χ4n) is 3.88. The van der Waals surface area contributed by atoms with E-state index < -0.39 is 5.41 Å². The minimum absolute atomic E-state index is 0.0781. The van der Waals surface area contributed by atoms with Crippen molar-refractivity contribution < 1.29 is 4.79 Å². The topological polar surface area (TPSA) is 17.1 Å². The average Bonchev–Trinajstić information content (AvgIpc) is 2.77. The highest BCUT2D eigenvalue weighted by molar-refractivity contribution is 6.09. The first-order valence-corrected chi connectivity index (χ1v) is 9.51. The summed E-state index contributed by atoms with van der Waals surface area (Å²) >= 11 is 0. The highest BCUT2D eigenvalue weighted by Gasteiger charge is 2.43. The summed E-state index contributed by atoms with van der Waals surface area (Å²) in [5, 5.41) is 0. The lowest BCUT2D eigenvalue weighted by Gasteiger charge is -2.34. The van der Waals surface area contributed by atoms with Gasteiger partial charge in [-0.15, -0.1) is 0 Å². The van der Waals surface area contributed by atoms with Crippen LogP contribution in [0, 0.1) is 6.92 Å². The molecule has 0 aromatic heterocycles. The standard InChI is InChI=1S/C27H22O/c1-21-17-19-25(20-18-21)27(23-13-7-3-8-14-23,24-15-9-4-10-16-24)26(28)22-11-5-2-6-12-22/h2-20H,1H3. The lowest BCUT2D eigenvalue weighted by atomic mass is 9.65. The van der Waals surface area contributed by atoms with Gasteiger partial charge in [0, 0.05) is 5.56 Å². The smallest absolute Gasteiger partial charge is 0.182 e. The summed E-state index contributed by atoms with van der Waals surface area (Å²) in [6.07, 6.45) is 0. The zero-order valence-corrected chi connectivity index (χ0v) is 15.9. The second kappa shape index (κ2) is 7.66. The molecule has 0 saturated heterocycles. The van der Waals surface area contributed by atoms with Crippen molar-refractivity contribution in [2.45, 2.75) is 12.3 Å². The second-order valence-corrected chi connectivity index (χ2v) is 7.04. The van der Waals surface area contributed by atoms with Crippen LogP contribution in [0.25, 0.3) is 0 Å². The third-order valence-electron chi connectivity index (χ3n) is 5.27. The van der Waals surface area contributed by atoms with E-state index in [-0.39, 0.29) is 5.78 Å². The molecule has 0 unspecified atom stereocenters. The van der Waals surface area contributed by atoms with Crippen molar-refractivity contribution in [3.05, 3.63) is 143 Å². The van der Waals surface area contributed by atoms with Crippen LogP contribution in [-0.4, -0.2) is 5.78 Å². The molecule has 1 heteroatoms. The lowest BCUT2D eigenvalue weighted by molar-refractivity contribution is 0.0935. The molecule has 0 saturated carbocycles. The van der Waals surface area contributed by atoms with Crippen LogP contribution < -0.4 is 0 Å². The molecule has 0 radical (unpaired) electrons. The Morgan fingerprint density at radius 2 is 0.929 bits per heavy atom. The van der Waals surface area contributed by atoms with Crippen LogP contribution in [0.1, 0.15) is 32.6 Å². The zero-order chi connectivity index (χ0) is 19.4. The molecular formula is C27H22O. The van der Waals surface area contributed by atoms with Gasteiger partial charge in [0.25, 0.3) is 0 Å². The molecule has 4 rings (SSSR count). The number of hydrogen-bond donors (Lipinski definition) is 0. The van der Waals surface area contributed by atoms with Gasteiger partial charge >= 0.3 is 0 Å². The van der Waals surface area contributed by atoms with Crippen LogP contribution in [0.15, 0.2) is 115 Å². The number of aryl methyl sites for hydroxylation is 1. The van der Waals surface area contributed by atoms with E-state index in [1.807, 2.05) is 91.0 Å². The predicted molar refractivity (Wildman–Crippen MR) is 115 cm³/mol. The second-order valence-electron chi connectivity index (χ2n) is 7.04.